The fraction of sp³-hybridized carbons (Fsp3) is 0.182. The molecule has 30 heavy (non-hydrogen) atoms. The van der Waals surface area contributed by atoms with Crippen LogP contribution >= 0.6 is 0 Å². The molecular formula is C22H21N5O3. The van der Waals surface area contributed by atoms with Crippen molar-refractivity contribution in [2.24, 2.45) is 5.73 Å². The minimum absolute atomic E-state index is 0.0811. The topological polar surface area (TPSA) is 123 Å². The second-order valence-electron chi connectivity index (χ2n) is 7.12. The number of ketones is 1. The van der Waals surface area contributed by atoms with E-state index in [2.05, 4.69) is 4.98 Å². The van der Waals surface area contributed by atoms with Gasteiger partial charge in [-0.1, -0.05) is 30.3 Å². The number of fused-ring (bicyclic) bond motifs is 1. The third-order valence-corrected chi connectivity index (χ3v) is 5.32. The van der Waals surface area contributed by atoms with Crippen LogP contribution in [0.15, 0.2) is 54.7 Å². The standard InChI is InChI=1S/C22H21N5O3/c23-20(24)16-8-4-7-15-17(13-25-18(15)16)19(28)22(30)27-11-9-26(10-12-27)21(29)14-5-2-1-3-6-14/h1-8,13,25H,9-12H2,(H3,23,24). The van der Waals surface area contributed by atoms with Crippen molar-refractivity contribution in [2.75, 3.05) is 26.2 Å². The first-order valence-corrected chi connectivity index (χ1v) is 9.60. The molecule has 0 unspecified atom stereocenters. The average Bonchev–Trinajstić information content (AvgIpc) is 3.22. The highest BCUT2D eigenvalue weighted by atomic mass is 16.2. The van der Waals surface area contributed by atoms with E-state index in [9.17, 15) is 14.4 Å². The third kappa shape index (κ3) is 3.43. The van der Waals surface area contributed by atoms with Crippen LogP contribution in [-0.4, -0.2) is 64.4 Å². The molecule has 1 aliphatic heterocycles. The summed E-state index contributed by atoms with van der Waals surface area (Å²) in [5, 5.41) is 8.21. The van der Waals surface area contributed by atoms with E-state index >= 15 is 0 Å². The van der Waals surface area contributed by atoms with Crippen molar-refractivity contribution in [2.45, 2.75) is 0 Å². The molecule has 2 aromatic carbocycles. The first-order valence-electron chi connectivity index (χ1n) is 9.60. The fourth-order valence-corrected chi connectivity index (χ4v) is 3.70. The number of aromatic amines is 1. The number of hydrogen-bond acceptors (Lipinski definition) is 4. The Morgan fingerprint density at radius 2 is 1.53 bits per heavy atom. The van der Waals surface area contributed by atoms with Gasteiger partial charge in [0.25, 0.3) is 17.6 Å². The first-order chi connectivity index (χ1) is 14.5. The molecule has 0 spiro atoms. The molecule has 0 saturated carbocycles. The van der Waals surface area contributed by atoms with Crippen molar-refractivity contribution in [3.8, 4) is 0 Å². The number of para-hydroxylation sites is 1. The van der Waals surface area contributed by atoms with Gasteiger partial charge in [0, 0.05) is 48.9 Å². The molecule has 2 heterocycles. The summed E-state index contributed by atoms with van der Waals surface area (Å²) in [7, 11) is 0. The number of nitrogens with two attached hydrogens (primary N) is 1. The van der Waals surface area contributed by atoms with Crippen molar-refractivity contribution >= 4 is 34.3 Å². The smallest absolute Gasteiger partial charge is 0.295 e. The van der Waals surface area contributed by atoms with E-state index in [1.165, 1.54) is 11.1 Å². The van der Waals surface area contributed by atoms with Crippen LogP contribution in [0, 0.1) is 5.41 Å². The Kier molecular flexibility index (Phi) is 5.05. The summed E-state index contributed by atoms with van der Waals surface area (Å²) in [6, 6.07) is 14.1. The fourth-order valence-electron chi connectivity index (χ4n) is 3.70. The van der Waals surface area contributed by atoms with Crippen LogP contribution < -0.4 is 5.73 Å². The van der Waals surface area contributed by atoms with Gasteiger partial charge in [-0.15, -0.1) is 0 Å². The van der Waals surface area contributed by atoms with E-state index in [1.807, 2.05) is 18.2 Å². The summed E-state index contributed by atoms with van der Waals surface area (Å²) >= 11 is 0. The van der Waals surface area contributed by atoms with Gasteiger partial charge in [0.15, 0.2) is 0 Å². The Balaban J connectivity index is 1.47. The number of carbonyl (C=O) groups is 3. The SMILES string of the molecule is N=C(N)c1cccc2c(C(=O)C(=O)N3CCN(C(=O)c4ccccc4)CC3)c[nH]c12. The molecular weight excluding hydrogens is 382 g/mol. The number of nitrogens with one attached hydrogen (secondary N) is 2. The number of nitrogens with zero attached hydrogens (tertiary/aromatic N) is 2. The predicted molar refractivity (Wildman–Crippen MR) is 113 cm³/mol. The number of hydrogen-bond donors (Lipinski definition) is 3. The maximum absolute atomic E-state index is 12.9. The summed E-state index contributed by atoms with van der Waals surface area (Å²) < 4.78 is 0. The molecule has 4 N–H and O–H groups in total. The van der Waals surface area contributed by atoms with Gasteiger partial charge >= 0.3 is 0 Å². The number of piperazine rings is 1. The quantitative estimate of drug-likeness (QED) is 0.265. The summed E-state index contributed by atoms with van der Waals surface area (Å²) in [5.74, 6) is -1.42. The largest absolute Gasteiger partial charge is 0.384 e. The molecule has 8 heteroatoms. The third-order valence-electron chi connectivity index (χ3n) is 5.32. The maximum Gasteiger partial charge on any atom is 0.295 e. The van der Waals surface area contributed by atoms with Crippen LogP contribution in [0.2, 0.25) is 0 Å². The molecule has 1 fully saturated rings. The number of amidine groups is 1. The number of Topliss-reactive ketones (excluding diaryl/α,β-unsaturated/α-hetero) is 1. The van der Waals surface area contributed by atoms with Crippen LogP contribution in [0.3, 0.4) is 0 Å². The predicted octanol–water partition coefficient (Wildman–Crippen LogP) is 1.62. The molecule has 1 aromatic heterocycles. The van der Waals surface area contributed by atoms with Gasteiger partial charge in [-0.25, -0.2) is 0 Å². The van der Waals surface area contributed by atoms with Crippen molar-refractivity contribution in [3.05, 3.63) is 71.4 Å². The zero-order chi connectivity index (χ0) is 21.3. The van der Waals surface area contributed by atoms with Crippen LogP contribution in [0.25, 0.3) is 10.9 Å². The Bertz CT molecular complexity index is 1140. The van der Waals surface area contributed by atoms with Crippen LogP contribution in [-0.2, 0) is 4.79 Å². The van der Waals surface area contributed by atoms with Crippen molar-refractivity contribution in [3.63, 3.8) is 0 Å². The molecule has 1 saturated heterocycles. The number of aromatic nitrogens is 1. The molecule has 2 amide bonds. The Labute approximate surface area is 172 Å². The van der Waals surface area contributed by atoms with Gasteiger partial charge in [0.1, 0.15) is 5.84 Å². The molecule has 8 nitrogen and oxygen atoms in total. The van der Waals surface area contributed by atoms with Gasteiger partial charge in [0.2, 0.25) is 0 Å². The molecule has 4 rings (SSSR count). The number of rotatable bonds is 4. The minimum Gasteiger partial charge on any atom is -0.384 e. The number of carbonyl (C=O) groups excluding carboxylic acids is 3. The molecule has 0 radical (unpaired) electrons. The minimum atomic E-state index is -0.621. The second kappa shape index (κ2) is 7.82. The molecule has 0 aliphatic carbocycles. The highest BCUT2D eigenvalue weighted by molar-refractivity contribution is 6.45. The van der Waals surface area contributed by atoms with E-state index in [0.29, 0.717) is 48.2 Å². The Hall–Kier alpha value is -3.94. The molecule has 1 aliphatic rings. The zero-order valence-corrected chi connectivity index (χ0v) is 16.2. The van der Waals surface area contributed by atoms with E-state index in [1.54, 1.807) is 35.2 Å². The van der Waals surface area contributed by atoms with Gasteiger partial charge < -0.3 is 20.5 Å². The van der Waals surface area contributed by atoms with Crippen LogP contribution in [0.5, 0.6) is 0 Å². The first kappa shape index (κ1) is 19.4. The van der Waals surface area contributed by atoms with Crippen molar-refractivity contribution < 1.29 is 14.4 Å². The van der Waals surface area contributed by atoms with Crippen molar-refractivity contribution in [1.82, 2.24) is 14.8 Å². The molecule has 152 valence electrons. The van der Waals surface area contributed by atoms with Crippen LogP contribution in [0.4, 0.5) is 0 Å². The summed E-state index contributed by atoms with van der Waals surface area (Å²) in [6.45, 7) is 1.33. The van der Waals surface area contributed by atoms with Gasteiger partial charge in [0.05, 0.1) is 11.1 Å². The van der Waals surface area contributed by atoms with E-state index in [0.717, 1.165) is 0 Å². The zero-order valence-electron chi connectivity index (χ0n) is 16.2. The monoisotopic (exact) mass is 403 g/mol. The van der Waals surface area contributed by atoms with Crippen molar-refractivity contribution in [1.29, 1.82) is 5.41 Å². The maximum atomic E-state index is 12.9. The summed E-state index contributed by atoms with van der Waals surface area (Å²) in [6.07, 6.45) is 1.48. The Morgan fingerprint density at radius 3 is 2.20 bits per heavy atom. The normalized spacial score (nSPS) is 14.0. The van der Waals surface area contributed by atoms with E-state index < -0.39 is 11.7 Å². The molecule has 0 bridgehead atoms. The van der Waals surface area contributed by atoms with Gasteiger partial charge in [-0.2, -0.15) is 0 Å². The Morgan fingerprint density at radius 1 is 0.867 bits per heavy atom. The summed E-state index contributed by atoms with van der Waals surface area (Å²) in [4.78, 5) is 44.3. The average molecular weight is 403 g/mol. The van der Waals surface area contributed by atoms with E-state index in [-0.39, 0.29) is 17.3 Å². The molecule has 0 atom stereocenters. The van der Waals surface area contributed by atoms with Gasteiger partial charge in [-0.3, -0.25) is 19.8 Å². The number of nitrogen functional groups attached to an aromatic ring is 1. The summed E-state index contributed by atoms with van der Waals surface area (Å²) in [5.41, 5.74) is 7.48. The number of H-pyrrole nitrogens is 1. The highest BCUT2D eigenvalue weighted by Gasteiger charge is 2.30. The lowest BCUT2D eigenvalue weighted by Gasteiger charge is -2.34. The van der Waals surface area contributed by atoms with Crippen LogP contribution in [0.1, 0.15) is 26.3 Å². The molecule has 3 aromatic rings. The number of benzene rings is 2. The highest BCUT2D eigenvalue weighted by Crippen LogP contribution is 2.23. The van der Waals surface area contributed by atoms with E-state index in [4.69, 9.17) is 11.1 Å². The lowest BCUT2D eigenvalue weighted by atomic mass is 10.0. The number of amides is 2. The second-order valence-corrected chi connectivity index (χ2v) is 7.12. The lowest BCUT2D eigenvalue weighted by molar-refractivity contribution is -0.127. The van der Waals surface area contributed by atoms with Gasteiger partial charge in [-0.05, 0) is 18.2 Å². The lowest BCUT2D eigenvalue weighted by Crippen LogP contribution is -2.52.